The van der Waals surface area contributed by atoms with Gasteiger partial charge in [-0.05, 0) is 0 Å². The lowest BCUT2D eigenvalue weighted by Gasteiger charge is -2.46. The first kappa shape index (κ1) is 10.3. The number of hydrogen-bond donors (Lipinski definition) is 2. The second-order valence-corrected chi connectivity index (χ2v) is 4.71. The number of hydrogen-bond acceptors (Lipinski definition) is 4. The summed E-state index contributed by atoms with van der Waals surface area (Å²) in [7, 11) is 0. The van der Waals surface area contributed by atoms with E-state index >= 15 is 0 Å². The molecule has 2 N–H and O–H groups in total. The van der Waals surface area contributed by atoms with Gasteiger partial charge in [-0.25, -0.2) is 4.98 Å². The maximum absolute atomic E-state index is 4.04. The molecule has 2 aliphatic heterocycles. The lowest BCUT2D eigenvalue weighted by molar-refractivity contribution is 0.0216. The maximum atomic E-state index is 4.04. The molecule has 3 rings (SSSR count). The van der Waals surface area contributed by atoms with E-state index < -0.39 is 0 Å². The van der Waals surface area contributed by atoms with Gasteiger partial charge in [0.25, 0.3) is 0 Å². The zero-order valence-corrected chi connectivity index (χ0v) is 9.52. The Kier molecular flexibility index (Phi) is 2.90. The third-order valence-electron chi connectivity index (χ3n) is 3.55. The first-order valence-corrected chi connectivity index (χ1v) is 6.06. The van der Waals surface area contributed by atoms with Gasteiger partial charge in [0.2, 0.25) is 0 Å². The van der Waals surface area contributed by atoms with Crippen molar-refractivity contribution in [1.82, 2.24) is 25.1 Å². The maximum Gasteiger partial charge on any atom is 0.0922 e. The smallest absolute Gasteiger partial charge is 0.0922 e. The molecule has 88 valence electrons. The molecule has 5 heteroatoms. The van der Waals surface area contributed by atoms with Gasteiger partial charge < -0.3 is 10.3 Å². The van der Waals surface area contributed by atoms with Gasteiger partial charge >= 0.3 is 0 Å². The number of likely N-dealkylation sites (tertiary alicyclic amines) is 1. The first-order chi connectivity index (χ1) is 7.92. The van der Waals surface area contributed by atoms with Crippen LogP contribution in [-0.2, 0) is 6.54 Å². The van der Waals surface area contributed by atoms with E-state index in [2.05, 4.69) is 25.1 Å². The van der Waals surface area contributed by atoms with Gasteiger partial charge in [-0.3, -0.25) is 9.80 Å². The topological polar surface area (TPSA) is 47.2 Å². The molecule has 3 heterocycles. The zero-order chi connectivity index (χ0) is 10.8. The molecule has 0 spiro atoms. The monoisotopic (exact) mass is 221 g/mol. The standard InChI is InChI=1S/C11H19N5/c1-3-16(4-2-12-1)11-7-15(8-11)6-10-5-13-9-14-10/h5,9,11-12H,1-4,6-8H2,(H,13,14). The van der Waals surface area contributed by atoms with E-state index in [0.29, 0.717) is 0 Å². The van der Waals surface area contributed by atoms with Crippen molar-refractivity contribution in [2.24, 2.45) is 0 Å². The van der Waals surface area contributed by atoms with Gasteiger partial charge in [-0.15, -0.1) is 0 Å². The third kappa shape index (κ3) is 2.11. The predicted octanol–water partition coefficient (Wildman–Crippen LogP) is -0.501. The van der Waals surface area contributed by atoms with Gasteiger partial charge in [0, 0.05) is 63.7 Å². The zero-order valence-electron chi connectivity index (χ0n) is 9.52. The van der Waals surface area contributed by atoms with Gasteiger partial charge in [-0.1, -0.05) is 0 Å². The lowest BCUT2D eigenvalue weighted by atomic mass is 10.1. The Morgan fingerprint density at radius 2 is 2.12 bits per heavy atom. The molecule has 1 aromatic rings. The molecule has 0 bridgehead atoms. The summed E-state index contributed by atoms with van der Waals surface area (Å²) >= 11 is 0. The number of aromatic amines is 1. The number of rotatable bonds is 3. The van der Waals surface area contributed by atoms with Crippen molar-refractivity contribution in [3.63, 3.8) is 0 Å². The summed E-state index contributed by atoms with van der Waals surface area (Å²) in [6, 6.07) is 0.782. The fourth-order valence-electron chi connectivity index (χ4n) is 2.56. The molecule has 0 radical (unpaired) electrons. The molecule has 1 aromatic heterocycles. The van der Waals surface area contributed by atoms with E-state index in [9.17, 15) is 0 Å². The van der Waals surface area contributed by atoms with Crippen molar-refractivity contribution in [3.8, 4) is 0 Å². The van der Waals surface area contributed by atoms with E-state index in [4.69, 9.17) is 0 Å². The third-order valence-corrected chi connectivity index (χ3v) is 3.55. The molecule has 0 saturated carbocycles. The predicted molar refractivity (Wildman–Crippen MR) is 62.1 cm³/mol. The highest BCUT2D eigenvalue weighted by Gasteiger charge is 2.32. The highest BCUT2D eigenvalue weighted by molar-refractivity contribution is 4.98. The normalized spacial score (nSPS) is 24.5. The minimum absolute atomic E-state index is 0.782. The van der Waals surface area contributed by atoms with Crippen LogP contribution in [0, 0.1) is 0 Å². The van der Waals surface area contributed by atoms with Crippen LogP contribution < -0.4 is 5.32 Å². The van der Waals surface area contributed by atoms with Crippen LogP contribution in [0.5, 0.6) is 0 Å². The van der Waals surface area contributed by atoms with E-state index in [1.807, 2.05) is 6.20 Å². The Morgan fingerprint density at radius 1 is 1.31 bits per heavy atom. The van der Waals surface area contributed by atoms with Crippen LogP contribution in [0.3, 0.4) is 0 Å². The van der Waals surface area contributed by atoms with Gasteiger partial charge in [-0.2, -0.15) is 0 Å². The molecule has 0 amide bonds. The van der Waals surface area contributed by atoms with E-state index in [1.165, 1.54) is 31.9 Å². The van der Waals surface area contributed by atoms with Crippen molar-refractivity contribution in [1.29, 1.82) is 0 Å². The average molecular weight is 221 g/mol. The molecule has 2 saturated heterocycles. The minimum atomic E-state index is 0.782. The molecule has 2 aliphatic rings. The first-order valence-electron chi connectivity index (χ1n) is 6.06. The fourth-order valence-corrected chi connectivity index (χ4v) is 2.56. The number of piperazine rings is 1. The van der Waals surface area contributed by atoms with Gasteiger partial charge in [0.05, 0.1) is 6.33 Å². The molecule has 0 aliphatic carbocycles. The number of H-pyrrole nitrogens is 1. The van der Waals surface area contributed by atoms with Crippen molar-refractivity contribution in [2.75, 3.05) is 39.3 Å². The SMILES string of the molecule is c1ncc(CN2CC(N3CCNCC3)C2)[nH]1. The van der Waals surface area contributed by atoms with Crippen LogP contribution in [-0.4, -0.2) is 65.1 Å². The number of nitrogens with zero attached hydrogens (tertiary/aromatic N) is 3. The lowest BCUT2D eigenvalue weighted by Crippen LogP contribution is -2.62. The second kappa shape index (κ2) is 4.53. The molecule has 0 atom stereocenters. The molecule has 0 aromatic carbocycles. The Morgan fingerprint density at radius 3 is 2.81 bits per heavy atom. The number of nitrogens with one attached hydrogen (secondary N) is 2. The van der Waals surface area contributed by atoms with Crippen LogP contribution in [0.1, 0.15) is 5.69 Å². The van der Waals surface area contributed by atoms with E-state index in [1.54, 1.807) is 6.33 Å². The van der Waals surface area contributed by atoms with Gasteiger partial charge in [0.1, 0.15) is 0 Å². The highest BCUT2D eigenvalue weighted by Crippen LogP contribution is 2.17. The Hall–Kier alpha value is -0.910. The van der Waals surface area contributed by atoms with Crippen LogP contribution in [0.15, 0.2) is 12.5 Å². The van der Waals surface area contributed by atoms with Crippen molar-refractivity contribution in [2.45, 2.75) is 12.6 Å². The van der Waals surface area contributed by atoms with Crippen molar-refractivity contribution < 1.29 is 0 Å². The van der Waals surface area contributed by atoms with Crippen LogP contribution in [0.4, 0.5) is 0 Å². The van der Waals surface area contributed by atoms with Crippen LogP contribution >= 0.6 is 0 Å². The molecule has 2 fully saturated rings. The van der Waals surface area contributed by atoms with Gasteiger partial charge in [0.15, 0.2) is 0 Å². The van der Waals surface area contributed by atoms with Crippen molar-refractivity contribution in [3.05, 3.63) is 18.2 Å². The molecular weight excluding hydrogens is 202 g/mol. The summed E-state index contributed by atoms with van der Waals surface area (Å²) < 4.78 is 0. The second-order valence-electron chi connectivity index (χ2n) is 4.71. The molecule has 5 nitrogen and oxygen atoms in total. The van der Waals surface area contributed by atoms with Crippen LogP contribution in [0.25, 0.3) is 0 Å². The summed E-state index contributed by atoms with van der Waals surface area (Å²) in [4.78, 5) is 12.3. The average Bonchev–Trinajstić information content (AvgIpc) is 2.77. The Labute approximate surface area is 95.8 Å². The summed E-state index contributed by atoms with van der Waals surface area (Å²) in [5.74, 6) is 0. The highest BCUT2D eigenvalue weighted by atomic mass is 15.3. The molecular formula is C11H19N5. The quantitative estimate of drug-likeness (QED) is 0.722. The van der Waals surface area contributed by atoms with E-state index in [-0.39, 0.29) is 0 Å². The molecule has 0 unspecified atom stereocenters. The number of aromatic nitrogens is 2. The fraction of sp³-hybridized carbons (Fsp3) is 0.727. The van der Waals surface area contributed by atoms with Crippen molar-refractivity contribution >= 4 is 0 Å². The summed E-state index contributed by atoms with van der Waals surface area (Å²) in [5.41, 5.74) is 1.22. The summed E-state index contributed by atoms with van der Waals surface area (Å²) in [6.07, 6.45) is 3.67. The van der Waals surface area contributed by atoms with E-state index in [0.717, 1.165) is 25.7 Å². The Bertz CT molecular complexity index is 311. The summed E-state index contributed by atoms with van der Waals surface area (Å²) in [6.45, 7) is 8.15. The molecule has 16 heavy (non-hydrogen) atoms. The Balaban J connectivity index is 1.44. The van der Waals surface area contributed by atoms with Crippen LogP contribution in [0.2, 0.25) is 0 Å². The largest absolute Gasteiger partial charge is 0.347 e. The minimum Gasteiger partial charge on any atom is -0.347 e. The summed E-state index contributed by atoms with van der Waals surface area (Å²) in [5, 5.41) is 3.40. The number of imidazole rings is 1.